The number of para-hydroxylation sites is 4. The van der Waals surface area contributed by atoms with Crippen molar-refractivity contribution in [3.05, 3.63) is 219 Å². The molecule has 0 radical (unpaired) electrons. The molecular formula is C60H36N4. The van der Waals surface area contributed by atoms with Crippen molar-refractivity contribution in [1.82, 2.24) is 19.1 Å². The highest BCUT2D eigenvalue weighted by Crippen LogP contribution is 2.48. The number of hydrogen-bond donors (Lipinski definition) is 0. The molecule has 4 aromatic heterocycles. The van der Waals surface area contributed by atoms with Gasteiger partial charge >= 0.3 is 0 Å². The Morgan fingerprint density at radius 2 is 0.781 bits per heavy atom. The molecule has 0 spiro atoms. The topological polar surface area (TPSA) is 35.6 Å². The molecule has 0 saturated carbocycles. The molecule has 0 saturated heterocycles. The molecule has 0 N–H and O–H groups in total. The number of rotatable bonds is 4. The van der Waals surface area contributed by atoms with Gasteiger partial charge in [0.05, 0.1) is 38.6 Å². The first kappa shape index (κ1) is 35.0. The highest BCUT2D eigenvalue weighted by molar-refractivity contribution is 6.28. The summed E-state index contributed by atoms with van der Waals surface area (Å²) < 4.78 is 4.93. The van der Waals surface area contributed by atoms with E-state index in [0.29, 0.717) is 0 Å². The molecule has 0 bridgehead atoms. The van der Waals surface area contributed by atoms with Crippen molar-refractivity contribution >= 4 is 97.9 Å². The second kappa shape index (κ2) is 13.4. The van der Waals surface area contributed by atoms with Gasteiger partial charge in [-0.15, -0.1) is 0 Å². The molecule has 0 unspecified atom stereocenters. The molecule has 0 fully saturated rings. The largest absolute Gasteiger partial charge is 0.307 e. The van der Waals surface area contributed by atoms with Crippen LogP contribution in [-0.2, 0) is 0 Å². The third-order valence-electron chi connectivity index (χ3n) is 13.5. The Morgan fingerprint density at radius 3 is 1.41 bits per heavy atom. The molecule has 14 aromatic rings. The lowest BCUT2D eigenvalue weighted by molar-refractivity contribution is 1.15. The Labute approximate surface area is 367 Å². The Hall–Kier alpha value is -8.60. The van der Waals surface area contributed by atoms with Gasteiger partial charge in [0.1, 0.15) is 0 Å². The van der Waals surface area contributed by atoms with Gasteiger partial charge in [-0.2, -0.15) is 0 Å². The second-order valence-electron chi connectivity index (χ2n) is 16.8. The summed E-state index contributed by atoms with van der Waals surface area (Å²) in [5, 5.41) is 13.1. The predicted molar refractivity (Wildman–Crippen MR) is 269 cm³/mol. The average Bonchev–Trinajstić information content (AvgIpc) is 3.89. The van der Waals surface area contributed by atoms with Crippen LogP contribution in [0.15, 0.2) is 219 Å². The summed E-state index contributed by atoms with van der Waals surface area (Å²) in [6.45, 7) is 0. The predicted octanol–water partition coefficient (Wildman–Crippen LogP) is 15.8. The lowest BCUT2D eigenvalue weighted by Crippen LogP contribution is -1.99. The van der Waals surface area contributed by atoms with E-state index in [1.54, 1.807) is 0 Å². The van der Waals surface area contributed by atoms with Crippen LogP contribution in [0, 0.1) is 0 Å². The molecule has 0 atom stereocenters. The zero-order valence-electron chi connectivity index (χ0n) is 34.6. The molecule has 0 aliphatic rings. The highest BCUT2D eigenvalue weighted by Gasteiger charge is 2.24. The van der Waals surface area contributed by atoms with Crippen LogP contribution >= 0.6 is 0 Å². The summed E-state index contributed by atoms with van der Waals surface area (Å²) in [5.41, 5.74) is 14.7. The molecule has 0 aliphatic heterocycles. The van der Waals surface area contributed by atoms with Crippen molar-refractivity contribution < 1.29 is 0 Å². The molecule has 4 heterocycles. The monoisotopic (exact) mass is 812 g/mol. The molecular weight excluding hydrogens is 777 g/mol. The van der Waals surface area contributed by atoms with Crippen LogP contribution in [0.5, 0.6) is 0 Å². The standard InChI is InChI=1S/C60H36N4/c1-2-16-39(17-3-1)63-52-26-12-9-18-41(52)47-34-35-48-42-19-10-13-27-53(42)64(60(48)59(47)63)40-31-28-37(29-32-40)54-43-20-4-6-22-45(43)55(46-23-7-5-21-44(46)54)56-49-24-8-11-25-51(49)62-58-50(56)33-30-38-15-14-36-61-57(38)58/h1-36H. The summed E-state index contributed by atoms with van der Waals surface area (Å²) in [5.74, 6) is 0. The lowest BCUT2D eigenvalue weighted by atomic mass is 9.84. The van der Waals surface area contributed by atoms with Crippen molar-refractivity contribution in [2.45, 2.75) is 0 Å². The fourth-order valence-electron chi connectivity index (χ4n) is 10.9. The first-order valence-corrected chi connectivity index (χ1v) is 21.9. The van der Waals surface area contributed by atoms with E-state index in [1.165, 1.54) is 87.4 Å². The van der Waals surface area contributed by atoms with Crippen molar-refractivity contribution in [1.29, 1.82) is 0 Å². The third-order valence-corrected chi connectivity index (χ3v) is 13.5. The Kier molecular flexibility index (Phi) is 7.36. The van der Waals surface area contributed by atoms with E-state index in [0.717, 1.165) is 44.1 Å². The Bertz CT molecular complexity index is 4180. The van der Waals surface area contributed by atoms with Gasteiger partial charge in [0.15, 0.2) is 0 Å². The fraction of sp³-hybridized carbons (Fsp3) is 0. The van der Waals surface area contributed by atoms with Gasteiger partial charge in [0.25, 0.3) is 0 Å². The number of nitrogens with zero attached hydrogens (tertiary/aromatic N) is 4. The first-order chi connectivity index (χ1) is 31.8. The molecule has 14 rings (SSSR count). The molecule has 296 valence electrons. The van der Waals surface area contributed by atoms with E-state index < -0.39 is 0 Å². The Balaban J connectivity index is 1.03. The molecule has 4 nitrogen and oxygen atoms in total. The van der Waals surface area contributed by atoms with Crippen molar-refractivity contribution in [3.63, 3.8) is 0 Å². The molecule has 0 amide bonds. The van der Waals surface area contributed by atoms with Gasteiger partial charge in [-0.05, 0) is 86.8 Å². The maximum atomic E-state index is 5.27. The van der Waals surface area contributed by atoms with E-state index in [1.807, 2.05) is 12.3 Å². The minimum atomic E-state index is 0.919. The van der Waals surface area contributed by atoms with Crippen LogP contribution in [0.2, 0.25) is 0 Å². The van der Waals surface area contributed by atoms with Crippen LogP contribution < -0.4 is 0 Å². The third kappa shape index (κ3) is 4.88. The van der Waals surface area contributed by atoms with E-state index in [2.05, 4.69) is 215 Å². The summed E-state index contributed by atoms with van der Waals surface area (Å²) in [4.78, 5) is 10.1. The van der Waals surface area contributed by atoms with E-state index in [4.69, 9.17) is 9.97 Å². The number of pyridine rings is 2. The van der Waals surface area contributed by atoms with Crippen molar-refractivity contribution in [2.75, 3.05) is 0 Å². The van der Waals surface area contributed by atoms with Crippen LogP contribution in [0.4, 0.5) is 0 Å². The van der Waals surface area contributed by atoms with Gasteiger partial charge in [0, 0.05) is 60.8 Å². The summed E-state index contributed by atoms with van der Waals surface area (Å²) >= 11 is 0. The quantitative estimate of drug-likeness (QED) is 0.131. The summed E-state index contributed by atoms with van der Waals surface area (Å²) in [6.07, 6.45) is 1.87. The fourth-order valence-corrected chi connectivity index (χ4v) is 10.9. The molecule has 0 aliphatic carbocycles. The van der Waals surface area contributed by atoms with Crippen LogP contribution in [0.3, 0.4) is 0 Å². The number of benzene rings is 10. The first-order valence-electron chi connectivity index (χ1n) is 21.9. The zero-order chi connectivity index (χ0) is 41.9. The van der Waals surface area contributed by atoms with Gasteiger partial charge in [0.2, 0.25) is 0 Å². The minimum absolute atomic E-state index is 0.919. The maximum Gasteiger partial charge on any atom is 0.0978 e. The minimum Gasteiger partial charge on any atom is -0.307 e. The number of hydrogen-bond acceptors (Lipinski definition) is 2. The van der Waals surface area contributed by atoms with Crippen LogP contribution in [-0.4, -0.2) is 19.1 Å². The highest BCUT2D eigenvalue weighted by atomic mass is 15.0. The van der Waals surface area contributed by atoms with Gasteiger partial charge in [-0.25, -0.2) is 4.98 Å². The molecule has 4 heteroatoms. The van der Waals surface area contributed by atoms with Crippen LogP contribution in [0.25, 0.3) is 131 Å². The van der Waals surface area contributed by atoms with Crippen molar-refractivity contribution in [3.8, 4) is 33.6 Å². The number of aromatic nitrogens is 4. The van der Waals surface area contributed by atoms with Crippen LogP contribution in [0.1, 0.15) is 0 Å². The van der Waals surface area contributed by atoms with Gasteiger partial charge in [-0.3, -0.25) is 4.98 Å². The zero-order valence-corrected chi connectivity index (χ0v) is 34.6. The number of fused-ring (bicyclic) bond motifs is 13. The van der Waals surface area contributed by atoms with Crippen molar-refractivity contribution in [2.24, 2.45) is 0 Å². The average molecular weight is 813 g/mol. The summed E-state index contributed by atoms with van der Waals surface area (Å²) in [6, 6.07) is 77.3. The Morgan fingerprint density at radius 1 is 0.297 bits per heavy atom. The molecule has 10 aromatic carbocycles. The smallest absolute Gasteiger partial charge is 0.0978 e. The van der Waals surface area contributed by atoms with E-state index in [-0.39, 0.29) is 0 Å². The second-order valence-corrected chi connectivity index (χ2v) is 16.8. The lowest BCUT2D eigenvalue weighted by Gasteiger charge is -2.20. The SMILES string of the molecule is c1ccc(-n2c3ccccc3c3ccc4c5ccccc5n(-c5ccc(-c6c7ccccc7c(-c7c8ccccc8nc8c7ccc7cccnc78)c7ccccc67)cc5)c4c32)cc1. The van der Waals surface area contributed by atoms with E-state index in [9.17, 15) is 0 Å². The normalized spacial score (nSPS) is 12.1. The maximum absolute atomic E-state index is 5.27. The van der Waals surface area contributed by atoms with E-state index >= 15 is 0 Å². The van der Waals surface area contributed by atoms with Gasteiger partial charge in [-0.1, -0.05) is 164 Å². The van der Waals surface area contributed by atoms with Gasteiger partial charge < -0.3 is 9.13 Å². The molecule has 64 heavy (non-hydrogen) atoms. The summed E-state index contributed by atoms with van der Waals surface area (Å²) in [7, 11) is 0.